The van der Waals surface area contributed by atoms with Crippen LogP contribution in [0.15, 0.2) is 12.7 Å². The van der Waals surface area contributed by atoms with Crippen LogP contribution in [0.2, 0.25) is 0 Å². The summed E-state index contributed by atoms with van der Waals surface area (Å²) in [5.41, 5.74) is 0.0162. The van der Waals surface area contributed by atoms with E-state index in [1.54, 1.807) is 0 Å². The first-order valence-corrected chi connectivity index (χ1v) is 6.80. The quantitative estimate of drug-likeness (QED) is 0.232. The van der Waals surface area contributed by atoms with Gasteiger partial charge in [-0.15, -0.1) is 0 Å². The van der Waals surface area contributed by atoms with Crippen molar-refractivity contribution >= 4 is 19.2 Å². The zero-order valence-electron chi connectivity index (χ0n) is 10.7. The van der Waals surface area contributed by atoms with Gasteiger partial charge in [0, 0.05) is 12.5 Å². The highest BCUT2D eigenvalue weighted by Crippen LogP contribution is 2.15. The lowest BCUT2D eigenvalue weighted by molar-refractivity contribution is -0.861. The molecule has 0 rings (SSSR count). The molecule has 98 valence electrons. The van der Waals surface area contributed by atoms with Crippen molar-refractivity contribution in [3.05, 3.63) is 12.7 Å². The topological polar surface area (TPSA) is 69.6 Å². The summed E-state index contributed by atoms with van der Waals surface area (Å²) in [5.74, 6) is -0.486. The van der Waals surface area contributed by atoms with E-state index in [1.807, 2.05) is 21.1 Å². The molecule has 1 atom stereocenters. The lowest BCUT2D eigenvalue weighted by atomic mass is 10.5. The number of hydrogen-bond acceptors (Lipinski definition) is 3. The van der Waals surface area contributed by atoms with Crippen LogP contribution in [-0.4, -0.2) is 61.5 Å². The first kappa shape index (κ1) is 16.3. The molecule has 0 radical (unpaired) electrons. The number of ether oxygens (including phenoxy) is 1. The minimum Gasteiger partial charge on any atom is -0.629 e. The van der Waals surface area contributed by atoms with Crippen molar-refractivity contribution in [2.75, 3.05) is 40.5 Å². The van der Waals surface area contributed by atoms with Crippen molar-refractivity contribution in [2.45, 2.75) is 6.42 Å². The van der Waals surface area contributed by atoms with Crippen LogP contribution in [0.3, 0.4) is 0 Å². The van der Waals surface area contributed by atoms with E-state index in [4.69, 9.17) is 4.74 Å². The highest BCUT2D eigenvalue weighted by atomic mass is 31.1. The maximum atomic E-state index is 11.6. The van der Waals surface area contributed by atoms with Gasteiger partial charge >= 0.3 is 5.97 Å². The zero-order chi connectivity index (χ0) is 13.5. The van der Waals surface area contributed by atoms with Crippen LogP contribution >= 0.6 is 7.77 Å². The Labute approximate surface area is 103 Å². The molecule has 0 aromatic heterocycles. The summed E-state index contributed by atoms with van der Waals surface area (Å²) >= 11 is 0. The Morgan fingerprint density at radius 1 is 1.53 bits per heavy atom. The normalized spacial score (nSPS) is 13.0. The number of quaternary nitrogens is 1. The number of aliphatic hydroxyl groups excluding tert-OH is 1. The number of carbonyl (C=O) groups is 1. The Balaban J connectivity index is 3.99. The van der Waals surface area contributed by atoms with E-state index in [0.29, 0.717) is 23.6 Å². The molecule has 0 aliphatic rings. The fraction of sp³-hybridized carbons (Fsp3) is 0.636. The summed E-state index contributed by atoms with van der Waals surface area (Å²) < 4.78 is 5.27. The molecule has 0 aliphatic carbocycles. The second-order valence-corrected chi connectivity index (χ2v) is 6.41. The molecule has 0 amide bonds. The number of nitrogens with zero attached hydrogens (tertiary/aromatic N) is 1. The van der Waals surface area contributed by atoms with Crippen LogP contribution in [0.5, 0.6) is 0 Å². The van der Waals surface area contributed by atoms with E-state index >= 15 is 0 Å². The van der Waals surface area contributed by atoms with E-state index in [0.717, 1.165) is 6.08 Å². The fourth-order valence-electron chi connectivity index (χ4n) is 1.07. The third-order valence-corrected chi connectivity index (χ3v) is 3.26. The van der Waals surface area contributed by atoms with Crippen LogP contribution in [0, 0.1) is 0 Å². The number of esters is 1. The molecular weight excluding hydrogens is 241 g/mol. The monoisotopic (exact) mass is 262 g/mol. The van der Waals surface area contributed by atoms with Gasteiger partial charge in [-0.1, -0.05) is 6.58 Å². The second-order valence-electron chi connectivity index (χ2n) is 4.69. The number of carbonyl (C=O) groups excluding carboxylic acids is 1. The molecule has 6 heteroatoms. The second kappa shape index (κ2) is 7.56. The average Bonchev–Trinajstić information content (AvgIpc) is 2.21. The Hall–Kier alpha value is -0.740. The van der Waals surface area contributed by atoms with Crippen molar-refractivity contribution in [3.63, 3.8) is 0 Å². The molecule has 1 unspecified atom stereocenters. The van der Waals surface area contributed by atoms with Gasteiger partial charge in [-0.2, -0.15) is 0 Å². The highest BCUT2D eigenvalue weighted by molar-refractivity contribution is 7.51. The van der Waals surface area contributed by atoms with Crippen LogP contribution in [-0.2, 0) is 9.53 Å². The predicted octanol–water partition coefficient (Wildman–Crippen LogP) is 0.0715. The fourth-order valence-corrected chi connectivity index (χ4v) is 2.33. The molecule has 0 bridgehead atoms. The molecule has 5 nitrogen and oxygen atoms in total. The molecule has 0 aromatic carbocycles. The zero-order valence-corrected chi connectivity index (χ0v) is 11.6. The standard InChI is InChI=1S/C11H20NO4P/c1-5-10(13)16-7-6-8-17(15)11(14)9-12(2,3)4/h5H,1,6-9H2,2-4H3/p+1. The lowest BCUT2D eigenvalue weighted by Crippen LogP contribution is -2.39. The van der Waals surface area contributed by atoms with Gasteiger partial charge in [-0.05, 0) is 0 Å². The molecule has 0 fully saturated rings. The van der Waals surface area contributed by atoms with Gasteiger partial charge in [0.25, 0.3) is 5.48 Å². The van der Waals surface area contributed by atoms with E-state index < -0.39 is 13.7 Å². The van der Waals surface area contributed by atoms with Crippen LogP contribution in [0.4, 0.5) is 0 Å². The van der Waals surface area contributed by atoms with E-state index in [9.17, 15) is 14.8 Å². The molecule has 0 aliphatic heterocycles. The van der Waals surface area contributed by atoms with Crippen molar-refractivity contribution in [1.82, 2.24) is 0 Å². The van der Waals surface area contributed by atoms with Gasteiger partial charge < -0.3 is 19.2 Å². The summed E-state index contributed by atoms with van der Waals surface area (Å²) in [6.45, 7) is 3.83. The summed E-state index contributed by atoms with van der Waals surface area (Å²) in [7, 11) is 3.97. The number of hydrogen-bond donors (Lipinski definition) is 1. The number of rotatable bonds is 7. The molecule has 0 saturated carbocycles. The first-order chi connectivity index (χ1) is 7.76. The maximum Gasteiger partial charge on any atom is 0.330 e. The molecule has 0 saturated heterocycles. The SMILES string of the molecule is C=CC(=O)OCCC/[P+]([O-])=C(\O)C[N+](C)(C)C. The summed E-state index contributed by atoms with van der Waals surface area (Å²) in [6.07, 6.45) is 1.88. The Morgan fingerprint density at radius 3 is 2.59 bits per heavy atom. The van der Waals surface area contributed by atoms with Gasteiger partial charge in [0.15, 0.2) is 6.54 Å². The largest absolute Gasteiger partial charge is 0.629 e. The average molecular weight is 262 g/mol. The minimum absolute atomic E-state index is 0.0162. The summed E-state index contributed by atoms with van der Waals surface area (Å²) in [5, 5.41) is 9.60. The summed E-state index contributed by atoms with van der Waals surface area (Å²) in [4.78, 5) is 22.3. The van der Waals surface area contributed by atoms with Crippen molar-refractivity contribution in [3.8, 4) is 0 Å². The minimum atomic E-state index is -1.75. The molecule has 17 heavy (non-hydrogen) atoms. The third kappa shape index (κ3) is 9.01. The molecular formula is C11H21NO4P+. The van der Waals surface area contributed by atoms with E-state index in [1.165, 1.54) is 0 Å². The number of likely N-dealkylation sites (N-methyl/N-ethyl adjacent to an activating group) is 1. The van der Waals surface area contributed by atoms with Crippen molar-refractivity contribution in [1.29, 1.82) is 0 Å². The molecule has 1 N–H and O–H groups in total. The van der Waals surface area contributed by atoms with Gasteiger partial charge in [-0.3, -0.25) is 0 Å². The van der Waals surface area contributed by atoms with Crippen LogP contribution in [0.1, 0.15) is 6.42 Å². The van der Waals surface area contributed by atoms with Crippen LogP contribution < -0.4 is 4.89 Å². The highest BCUT2D eigenvalue weighted by Gasteiger charge is 2.16. The van der Waals surface area contributed by atoms with Crippen molar-refractivity contribution in [2.24, 2.45) is 0 Å². The van der Waals surface area contributed by atoms with Gasteiger partial charge in [0.05, 0.1) is 35.5 Å². The summed E-state index contributed by atoms with van der Waals surface area (Å²) in [6, 6.07) is 0. The van der Waals surface area contributed by atoms with E-state index in [2.05, 4.69) is 6.58 Å². The molecule has 0 spiro atoms. The van der Waals surface area contributed by atoms with Crippen molar-refractivity contribution < 1.29 is 24.0 Å². The molecule has 0 heterocycles. The Morgan fingerprint density at radius 2 is 2.12 bits per heavy atom. The Kier molecular flexibility index (Phi) is 7.23. The van der Waals surface area contributed by atoms with Gasteiger partial charge in [0.1, 0.15) is 6.16 Å². The smallest absolute Gasteiger partial charge is 0.330 e. The first-order valence-electron chi connectivity index (χ1n) is 5.35. The van der Waals surface area contributed by atoms with Gasteiger partial charge in [-0.25, -0.2) is 4.79 Å². The lowest BCUT2D eigenvalue weighted by Gasteiger charge is -2.22. The van der Waals surface area contributed by atoms with Crippen LogP contribution in [0.25, 0.3) is 0 Å². The van der Waals surface area contributed by atoms with Gasteiger partial charge in [0.2, 0.25) is 0 Å². The van der Waals surface area contributed by atoms with E-state index in [-0.39, 0.29) is 12.1 Å². The maximum absolute atomic E-state index is 11.6. The number of aliphatic hydroxyl groups is 1. The Bertz CT molecular complexity index is 307. The third-order valence-electron chi connectivity index (χ3n) is 1.82. The predicted molar refractivity (Wildman–Crippen MR) is 67.4 cm³/mol. The molecule has 0 aromatic rings.